The van der Waals surface area contributed by atoms with E-state index in [0.717, 1.165) is 12.8 Å². The molecule has 0 radical (unpaired) electrons. The van der Waals surface area contributed by atoms with Crippen LogP contribution in [0.4, 0.5) is 0 Å². The molecule has 1 heterocycles. The quantitative estimate of drug-likeness (QED) is 0.915. The van der Waals surface area contributed by atoms with Gasteiger partial charge in [-0.2, -0.15) is 5.26 Å². The molecule has 0 bridgehead atoms. The van der Waals surface area contributed by atoms with Crippen molar-refractivity contribution in [3.63, 3.8) is 0 Å². The molecule has 106 valence electrons. The zero-order valence-corrected chi connectivity index (χ0v) is 12.2. The minimum absolute atomic E-state index is 0.246. The molecule has 0 aromatic heterocycles. The molecule has 1 aromatic carbocycles. The lowest BCUT2D eigenvalue weighted by Gasteiger charge is -2.45. The molecule has 2 aliphatic rings. The van der Waals surface area contributed by atoms with E-state index in [2.05, 4.69) is 35.5 Å². The van der Waals surface area contributed by atoms with Gasteiger partial charge >= 0.3 is 0 Å². The first kappa shape index (κ1) is 13.6. The van der Waals surface area contributed by atoms with Gasteiger partial charge in [0.15, 0.2) is 0 Å². The Hall–Kier alpha value is -1.37. The number of benzene rings is 1. The van der Waals surface area contributed by atoms with Gasteiger partial charge in [-0.05, 0) is 51.4 Å². The monoisotopic (exact) mass is 269 g/mol. The van der Waals surface area contributed by atoms with Gasteiger partial charge in [-0.3, -0.25) is 0 Å². The Morgan fingerprint density at radius 2 is 1.80 bits per heavy atom. The van der Waals surface area contributed by atoms with E-state index >= 15 is 0 Å². The van der Waals surface area contributed by atoms with Crippen molar-refractivity contribution >= 4 is 0 Å². The lowest BCUT2D eigenvalue weighted by Crippen LogP contribution is -2.55. The zero-order chi connectivity index (χ0) is 14.0. The summed E-state index contributed by atoms with van der Waals surface area (Å²) in [4.78, 5) is 2.39. The highest BCUT2D eigenvalue weighted by molar-refractivity contribution is 5.36. The Labute approximate surface area is 121 Å². The lowest BCUT2D eigenvalue weighted by atomic mass is 9.62. The number of hydrogen-bond donors (Lipinski definition) is 1. The van der Waals surface area contributed by atoms with Crippen LogP contribution in [-0.4, -0.2) is 37.1 Å². The van der Waals surface area contributed by atoms with Gasteiger partial charge in [-0.15, -0.1) is 0 Å². The summed E-state index contributed by atoms with van der Waals surface area (Å²) in [6.07, 6.45) is 4.38. The lowest BCUT2D eigenvalue weighted by molar-refractivity contribution is 0.168. The van der Waals surface area contributed by atoms with Crippen molar-refractivity contribution in [3.8, 4) is 6.07 Å². The van der Waals surface area contributed by atoms with E-state index in [9.17, 15) is 5.26 Å². The SMILES string of the molecule is CN1CCC(NC2CC(C#N)(c3ccccc3)C2)CC1. The van der Waals surface area contributed by atoms with Gasteiger partial charge in [0.1, 0.15) is 0 Å². The molecule has 1 N–H and O–H groups in total. The average molecular weight is 269 g/mol. The molecule has 2 fully saturated rings. The molecule has 3 rings (SSSR count). The summed E-state index contributed by atoms with van der Waals surface area (Å²) in [5.41, 5.74) is 0.939. The minimum atomic E-state index is -0.246. The first-order chi connectivity index (χ1) is 9.72. The third-order valence-electron chi connectivity index (χ3n) is 4.92. The maximum Gasteiger partial charge on any atom is 0.0852 e. The van der Waals surface area contributed by atoms with Crippen molar-refractivity contribution in [3.05, 3.63) is 35.9 Å². The van der Waals surface area contributed by atoms with Gasteiger partial charge in [-0.25, -0.2) is 0 Å². The number of rotatable bonds is 3. The summed E-state index contributed by atoms with van der Waals surface area (Å²) in [6.45, 7) is 2.37. The topological polar surface area (TPSA) is 39.1 Å². The van der Waals surface area contributed by atoms with E-state index in [4.69, 9.17) is 0 Å². The van der Waals surface area contributed by atoms with E-state index in [0.29, 0.717) is 12.1 Å². The molecular weight excluding hydrogens is 246 g/mol. The van der Waals surface area contributed by atoms with Gasteiger partial charge < -0.3 is 10.2 Å². The van der Waals surface area contributed by atoms with Crippen molar-refractivity contribution in [1.82, 2.24) is 10.2 Å². The fourth-order valence-electron chi connectivity index (χ4n) is 3.56. The van der Waals surface area contributed by atoms with Crippen molar-refractivity contribution in [2.24, 2.45) is 0 Å². The van der Waals surface area contributed by atoms with Crippen molar-refractivity contribution in [2.45, 2.75) is 43.2 Å². The number of piperidine rings is 1. The molecule has 0 spiro atoms. The predicted molar refractivity (Wildman–Crippen MR) is 80.4 cm³/mol. The van der Waals surface area contributed by atoms with Crippen LogP contribution in [0.25, 0.3) is 0 Å². The Morgan fingerprint density at radius 1 is 1.15 bits per heavy atom. The number of likely N-dealkylation sites (tertiary alicyclic amines) is 1. The van der Waals surface area contributed by atoms with Crippen molar-refractivity contribution in [2.75, 3.05) is 20.1 Å². The maximum absolute atomic E-state index is 9.56. The van der Waals surface area contributed by atoms with Crippen LogP contribution < -0.4 is 5.32 Å². The second kappa shape index (κ2) is 5.55. The van der Waals surface area contributed by atoms with Gasteiger partial charge in [0, 0.05) is 12.1 Å². The summed E-state index contributed by atoms with van der Waals surface area (Å²) < 4.78 is 0. The van der Waals surface area contributed by atoms with E-state index in [-0.39, 0.29) is 5.41 Å². The minimum Gasteiger partial charge on any atom is -0.311 e. The number of nitriles is 1. The molecule has 1 aliphatic heterocycles. The molecule has 0 amide bonds. The summed E-state index contributed by atoms with van der Waals surface area (Å²) in [7, 11) is 2.19. The van der Waals surface area contributed by atoms with Gasteiger partial charge in [0.2, 0.25) is 0 Å². The number of nitrogens with one attached hydrogen (secondary N) is 1. The molecule has 1 aromatic rings. The van der Waals surface area contributed by atoms with Crippen LogP contribution in [0.15, 0.2) is 30.3 Å². The maximum atomic E-state index is 9.56. The number of nitrogens with zero attached hydrogens (tertiary/aromatic N) is 2. The molecule has 1 saturated carbocycles. The van der Waals surface area contributed by atoms with E-state index < -0.39 is 0 Å². The smallest absolute Gasteiger partial charge is 0.0852 e. The molecule has 3 nitrogen and oxygen atoms in total. The van der Waals surface area contributed by atoms with Crippen LogP contribution in [0.5, 0.6) is 0 Å². The van der Waals surface area contributed by atoms with E-state index in [1.807, 2.05) is 18.2 Å². The molecular formula is C17H23N3. The third-order valence-corrected chi connectivity index (χ3v) is 4.92. The highest BCUT2D eigenvalue weighted by Crippen LogP contribution is 2.43. The largest absolute Gasteiger partial charge is 0.311 e. The second-order valence-corrected chi connectivity index (χ2v) is 6.41. The van der Waals surface area contributed by atoms with Gasteiger partial charge in [0.05, 0.1) is 11.5 Å². The Bertz CT molecular complexity index is 477. The molecule has 1 aliphatic carbocycles. The Balaban J connectivity index is 1.56. The Kier molecular flexibility index (Phi) is 3.78. The van der Waals surface area contributed by atoms with Crippen LogP contribution in [-0.2, 0) is 5.41 Å². The normalized spacial score (nSPS) is 31.5. The highest BCUT2D eigenvalue weighted by atomic mass is 15.1. The molecule has 1 saturated heterocycles. The molecule has 0 unspecified atom stereocenters. The molecule has 0 atom stereocenters. The fourth-order valence-corrected chi connectivity index (χ4v) is 3.56. The second-order valence-electron chi connectivity index (χ2n) is 6.41. The predicted octanol–water partition coefficient (Wildman–Crippen LogP) is 2.29. The summed E-state index contributed by atoms with van der Waals surface area (Å²) in [5, 5.41) is 13.3. The van der Waals surface area contributed by atoms with Gasteiger partial charge in [-0.1, -0.05) is 30.3 Å². The first-order valence-corrected chi connectivity index (χ1v) is 7.63. The first-order valence-electron chi connectivity index (χ1n) is 7.63. The highest BCUT2D eigenvalue weighted by Gasteiger charge is 2.46. The Morgan fingerprint density at radius 3 is 2.40 bits per heavy atom. The zero-order valence-electron chi connectivity index (χ0n) is 12.2. The van der Waals surface area contributed by atoms with Crippen LogP contribution in [0.1, 0.15) is 31.2 Å². The van der Waals surface area contributed by atoms with Crippen LogP contribution in [0.2, 0.25) is 0 Å². The van der Waals surface area contributed by atoms with Crippen LogP contribution in [0.3, 0.4) is 0 Å². The average Bonchev–Trinajstić information content (AvgIpc) is 2.45. The van der Waals surface area contributed by atoms with Crippen LogP contribution in [0, 0.1) is 11.3 Å². The van der Waals surface area contributed by atoms with Crippen molar-refractivity contribution in [1.29, 1.82) is 5.26 Å². The fraction of sp³-hybridized carbons (Fsp3) is 0.588. The standard InChI is InChI=1S/C17H23N3/c1-20-9-7-15(8-10-20)19-16-11-17(12-16,13-18)14-5-3-2-4-6-14/h2-6,15-16,19H,7-12H2,1H3. The summed E-state index contributed by atoms with van der Waals surface area (Å²) >= 11 is 0. The van der Waals surface area contributed by atoms with Crippen molar-refractivity contribution < 1.29 is 0 Å². The van der Waals surface area contributed by atoms with Crippen LogP contribution >= 0.6 is 0 Å². The third kappa shape index (κ3) is 2.59. The van der Waals surface area contributed by atoms with Gasteiger partial charge in [0.25, 0.3) is 0 Å². The summed E-state index contributed by atoms with van der Waals surface area (Å²) in [5.74, 6) is 0. The molecule has 20 heavy (non-hydrogen) atoms. The van der Waals surface area contributed by atoms with E-state index in [1.54, 1.807) is 0 Å². The van der Waals surface area contributed by atoms with E-state index in [1.165, 1.54) is 31.5 Å². The number of hydrogen-bond acceptors (Lipinski definition) is 3. The molecule has 3 heteroatoms. The summed E-state index contributed by atoms with van der Waals surface area (Å²) in [6, 6.07) is 14.0.